The molecule has 0 bridgehead atoms. The maximum atomic E-state index is 12.3. The van der Waals surface area contributed by atoms with E-state index in [2.05, 4.69) is 28.2 Å². The smallest absolute Gasteiger partial charge is 0.325 e. The molecular weight excluding hydrogens is 356 g/mol. The highest BCUT2D eigenvalue weighted by Crippen LogP contribution is 2.18. The van der Waals surface area contributed by atoms with Crippen molar-refractivity contribution in [2.45, 2.75) is 31.5 Å². The molecular formula is C17H22N4O4S. The van der Waals surface area contributed by atoms with Crippen LogP contribution in [0.1, 0.15) is 12.5 Å². The summed E-state index contributed by atoms with van der Waals surface area (Å²) in [4.78, 5) is 38.3. The summed E-state index contributed by atoms with van der Waals surface area (Å²) in [6, 6.07) is 4.77. The molecule has 6 N–H and O–H groups in total. The number of aromatic amines is 1. The van der Waals surface area contributed by atoms with Gasteiger partial charge in [0.1, 0.15) is 12.1 Å². The van der Waals surface area contributed by atoms with E-state index in [4.69, 9.17) is 10.8 Å². The zero-order valence-corrected chi connectivity index (χ0v) is 15.1. The summed E-state index contributed by atoms with van der Waals surface area (Å²) in [7, 11) is 0. The van der Waals surface area contributed by atoms with Gasteiger partial charge in [0.25, 0.3) is 0 Å². The van der Waals surface area contributed by atoms with Crippen LogP contribution in [-0.2, 0) is 20.8 Å². The fourth-order valence-electron chi connectivity index (χ4n) is 2.48. The lowest BCUT2D eigenvalue weighted by Gasteiger charge is -2.20. The topological polar surface area (TPSA) is 137 Å². The Bertz CT molecular complexity index is 807. The quantitative estimate of drug-likeness (QED) is 0.360. The number of nitrogens with one attached hydrogen (secondary N) is 3. The Labute approximate surface area is 155 Å². The van der Waals surface area contributed by atoms with Gasteiger partial charge in [0.15, 0.2) is 0 Å². The first kappa shape index (κ1) is 19.8. The standard InChI is InChI=1S/C17H22N4O4S/c1-9(17(24)25)20-16(23)14(8-26)21-15(22)12(18)6-10-7-19-13-5-3-2-4-11(10)13/h2-5,7,9,12,14,19,26H,6,8,18H2,1H3,(H,20,23)(H,21,22)(H,24,25)/t9-,12-,14-/m0/s1. The maximum absolute atomic E-state index is 12.3. The summed E-state index contributed by atoms with van der Waals surface area (Å²) in [5.41, 5.74) is 7.82. The van der Waals surface area contributed by atoms with E-state index in [1.165, 1.54) is 6.92 Å². The third-order valence-corrected chi connectivity index (χ3v) is 4.36. The molecule has 2 amide bonds. The second-order valence-corrected chi connectivity index (χ2v) is 6.35. The van der Waals surface area contributed by atoms with Gasteiger partial charge < -0.3 is 26.5 Å². The molecule has 26 heavy (non-hydrogen) atoms. The molecule has 0 fully saturated rings. The molecule has 8 nitrogen and oxygen atoms in total. The van der Waals surface area contributed by atoms with Crippen LogP contribution in [0.5, 0.6) is 0 Å². The van der Waals surface area contributed by atoms with Crippen molar-refractivity contribution in [3.8, 4) is 0 Å². The second kappa shape index (κ2) is 8.72. The number of para-hydroxylation sites is 1. The Morgan fingerprint density at radius 1 is 1.23 bits per heavy atom. The largest absolute Gasteiger partial charge is 0.480 e. The zero-order chi connectivity index (χ0) is 19.3. The van der Waals surface area contributed by atoms with Crippen molar-refractivity contribution in [3.63, 3.8) is 0 Å². The number of rotatable bonds is 8. The highest BCUT2D eigenvalue weighted by atomic mass is 32.1. The Hall–Kier alpha value is -2.52. The number of aliphatic carboxylic acids is 1. The summed E-state index contributed by atoms with van der Waals surface area (Å²) >= 11 is 4.04. The van der Waals surface area contributed by atoms with E-state index in [1.807, 2.05) is 24.3 Å². The van der Waals surface area contributed by atoms with E-state index >= 15 is 0 Å². The number of amides is 2. The van der Waals surface area contributed by atoms with Gasteiger partial charge in [0, 0.05) is 22.9 Å². The van der Waals surface area contributed by atoms with Crippen molar-refractivity contribution in [1.82, 2.24) is 15.6 Å². The van der Waals surface area contributed by atoms with Crippen molar-refractivity contribution in [2.24, 2.45) is 5.73 Å². The molecule has 2 rings (SSSR count). The monoisotopic (exact) mass is 378 g/mol. The Morgan fingerprint density at radius 2 is 1.92 bits per heavy atom. The van der Waals surface area contributed by atoms with E-state index < -0.39 is 35.9 Å². The Balaban J connectivity index is 1.98. The zero-order valence-electron chi connectivity index (χ0n) is 14.2. The number of H-pyrrole nitrogens is 1. The van der Waals surface area contributed by atoms with Gasteiger partial charge in [-0.2, -0.15) is 12.6 Å². The molecule has 1 aromatic heterocycles. The first-order valence-electron chi connectivity index (χ1n) is 8.08. The second-order valence-electron chi connectivity index (χ2n) is 5.98. The van der Waals surface area contributed by atoms with E-state index in [9.17, 15) is 14.4 Å². The number of thiol groups is 1. The van der Waals surface area contributed by atoms with Crippen LogP contribution in [0.2, 0.25) is 0 Å². The summed E-state index contributed by atoms with van der Waals surface area (Å²) in [6.45, 7) is 1.33. The molecule has 0 aliphatic heterocycles. The summed E-state index contributed by atoms with van der Waals surface area (Å²) in [6.07, 6.45) is 2.09. The van der Waals surface area contributed by atoms with Crippen LogP contribution >= 0.6 is 12.6 Å². The van der Waals surface area contributed by atoms with Crippen molar-refractivity contribution in [3.05, 3.63) is 36.0 Å². The lowest BCUT2D eigenvalue weighted by atomic mass is 10.0. The predicted octanol–water partition coefficient (Wildman–Crippen LogP) is 0.0416. The number of carboxylic acids is 1. The van der Waals surface area contributed by atoms with Crippen LogP contribution < -0.4 is 16.4 Å². The lowest BCUT2D eigenvalue weighted by molar-refractivity contribution is -0.141. The van der Waals surface area contributed by atoms with Crippen LogP contribution in [0.4, 0.5) is 0 Å². The number of hydrogen-bond donors (Lipinski definition) is 6. The molecule has 0 aliphatic rings. The average molecular weight is 378 g/mol. The fraction of sp³-hybridized carbons (Fsp3) is 0.353. The maximum Gasteiger partial charge on any atom is 0.325 e. The number of carbonyl (C=O) groups is 3. The SMILES string of the molecule is C[C@H](NC(=O)[C@H](CS)NC(=O)[C@@H](N)Cc1c[nH]c2ccccc12)C(=O)O. The molecule has 0 unspecified atom stereocenters. The first-order chi connectivity index (χ1) is 12.3. The molecule has 2 aromatic rings. The van der Waals surface area contributed by atoms with Crippen molar-refractivity contribution < 1.29 is 19.5 Å². The van der Waals surface area contributed by atoms with Gasteiger partial charge in [-0.15, -0.1) is 0 Å². The highest BCUT2D eigenvalue weighted by molar-refractivity contribution is 7.80. The number of carbonyl (C=O) groups excluding carboxylic acids is 2. The van der Waals surface area contributed by atoms with Crippen LogP contribution in [0.25, 0.3) is 10.9 Å². The summed E-state index contributed by atoms with van der Waals surface area (Å²) in [5, 5.41) is 14.6. The molecule has 9 heteroatoms. The molecule has 0 radical (unpaired) electrons. The van der Waals surface area contributed by atoms with Gasteiger partial charge in [-0.3, -0.25) is 14.4 Å². The van der Waals surface area contributed by atoms with Crippen molar-refractivity contribution in [1.29, 1.82) is 0 Å². The van der Waals surface area contributed by atoms with Gasteiger partial charge in [-0.1, -0.05) is 18.2 Å². The van der Waals surface area contributed by atoms with Crippen LogP contribution in [0.15, 0.2) is 30.5 Å². The fourth-order valence-corrected chi connectivity index (χ4v) is 2.74. The number of nitrogens with two attached hydrogens (primary N) is 1. The molecule has 0 saturated carbocycles. The van der Waals surface area contributed by atoms with Crippen LogP contribution in [0.3, 0.4) is 0 Å². The number of benzene rings is 1. The Morgan fingerprint density at radius 3 is 2.58 bits per heavy atom. The minimum atomic E-state index is -1.17. The molecule has 0 spiro atoms. The van der Waals surface area contributed by atoms with E-state index in [1.54, 1.807) is 6.20 Å². The molecule has 140 valence electrons. The van der Waals surface area contributed by atoms with Gasteiger partial charge in [0.05, 0.1) is 6.04 Å². The van der Waals surface area contributed by atoms with Crippen LogP contribution in [0, 0.1) is 0 Å². The van der Waals surface area contributed by atoms with Gasteiger partial charge in [-0.05, 0) is 25.0 Å². The lowest BCUT2D eigenvalue weighted by Crippen LogP contribution is -2.55. The molecule has 0 aliphatic carbocycles. The van der Waals surface area contributed by atoms with E-state index in [-0.39, 0.29) is 5.75 Å². The third kappa shape index (κ3) is 4.77. The predicted molar refractivity (Wildman–Crippen MR) is 101 cm³/mol. The first-order valence-corrected chi connectivity index (χ1v) is 8.71. The minimum Gasteiger partial charge on any atom is -0.480 e. The van der Waals surface area contributed by atoms with E-state index in [0.717, 1.165) is 16.5 Å². The minimum absolute atomic E-state index is 0.0176. The summed E-state index contributed by atoms with van der Waals surface area (Å²) < 4.78 is 0. The third-order valence-electron chi connectivity index (χ3n) is 4.00. The Kier molecular flexibility index (Phi) is 6.64. The molecule has 1 aromatic carbocycles. The average Bonchev–Trinajstić information content (AvgIpc) is 3.02. The van der Waals surface area contributed by atoms with Crippen molar-refractivity contribution in [2.75, 3.05) is 5.75 Å². The van der Waals surface area contributed by atoms with Gasteiger partial charge in [-0.25, -0.2) is 0 Å². The number of aromatic nitrogens is 1. The molecule has 3 atom stereocenters. The number of carboxylic acid groups (broad SMARTS) is 1. The molecule has 1 heterocycles. The summed E-state index contributed by atoms with van der Waals surface area (Å²) in [5.74, 6) is -2.28. The van der Waals surface area contributed by atoms with Crippen molar-refractivity contribution >= 4 is 41.3 Å². The number of hydrogen-bond acceptors (Lipinski definition) is 5. The normalized spacial score (nSPS) is 14.4. The number of fused-ring (bicyclic) bond motifs is 1. The van der Waals surface area contributed by atoms with Gasteiger partial charge >= 0.3 is 5.97 Å². The van der Waals surface area contributed by atoms with Crippen LogP contribution in [-0.4, -0.2) is 51.8 Å². The molecule has 0 saturated heterocycles. The van der Waals surface area contributed by atoms with Gasteiger partial charge in [0.2, 0.25) is 11.8 Å². The highest BCUT2D eigenvalue weighted by Gasteiger charge is 2.25. The van der Waals surface area contributed by atoms with E-state index in [0.29, 0.717) is 6.42 Å².